The number of nitrogens with one attached hydrogen (secondary N) is 2. The van der Waals surface area contributed by atoms with Gasteiger partial charge in [0.25, 0.3) is 5.56 Å². The quantitative estimate of drug-likeness (QED) is 0.664. The van der Waals surface area contributed by atoms with Gasteiger partial charge in [0.15, 0.2) is 5.16 Å². The van der Waals surface area contributed by atoms with Crippen LogP contribution >= 0.6 is 11.8 Å². The van der Waals surface area contributed by atoms with Crippen LogP contribution in [0, 0.1) is 0 Å². The molecule has 2 N–H and O–H groups in total. The fraction of sp³-hybridized carbons (Fsp3) is 0.200. The van der Waals surface area contributed by atoms with Crippen LogP contribution in [-0.4, -0.2) is 27.0 Å². The van der Waals surface area contributed by atoms with Crippen LogP contribution in [-0.2, 0) is 6.18 Å². The van der Waals surface area contributed by atoms with E-state index in [2.05, 4.69) is 25.3 Å². The van der Waals surface area contributed by atoms with Gasteiger partial charge in [-0.1, -0.05) is 0 Å². The highest BCUT2D eigenvalue weighted by Gasteiger charge is 2.35. The molecule has 0 aliphatic rings. The van der Waals surface area contributed by atoms with E-state index in [-0.39, 0.29) is 16.0 Å². The van der Waals surface area contributed by atoms with Gasteiger partial charge in [-0.15, -0.1) is 0 Å². The second-order valence-corrected chi connectivity index (χ2v) is 4.51. The van der Waals surface area contributed by atoms with Crippen molar-refractivity contribution < 1.29 is 13.2 Å². The van der Waals surface area contributed by atoms with E-state index in [0.29, 0.717) is 0 Å². The molecule has 2 rings (SSSR count). The van der Waals surface area contributed by atoms with Crippen LogP contribution in [0.3, 0.4) is 0 Å². The highest BCUT2D eigenvalue weighted by Crippen LogP contribution is 2.30. The predicted molar refractivity (Wildman–Crippen MR) is 65.6 cm³/mol. The molecule has 0 fully saturated rings. The number of rotatable bonds is 3. The van der Waals surface area contributed by atoms with Gasteiger partial charge in [-0.25, -0.2) is 15.0 Å². The SMILES string of the molecule is CNc1cc(Sc2nccc(=O)[nH]2)nc(C(F)(F)F)n1. The molecular formula is C10H8F3N5OS. The first-order chi connectivity index (χ1) is 9.38. The van der Waals surface area contributed by atoms with Crippen LogP contribution < -0.4 is 10.9 Å². The molecule has 2 aromatic rings. The number of H-pyrrole nitrogens is 1. The lowest BCUT2D eigenvalue weighted by Gasteiger charge is -2.09. The summed E-state index contributed by atoms with van der Waals surface area (Å²) >= 11 is 0.804. The van der Waals surface area contributed by atoms with Crippen LogP contribution in [0.4, 0.5) is 19.0 Å². The molecule has 0 bridgehead atoms. The maximum Gasteiger partial charge on any atom is 0.451 e. The second-order valence-electron chi connectivity index (χ2n) is 3.50. The molecule has 10 heteroatoms. The topological polar surface area (TPSA) is 83.6 Å². The number of aromatic amines is 1. The fourth-order valence-corrected chi connectivity index (χ4v) is 2.00. The maximum atomic E-state index is 12.7. The monoisotopic (exact) mass is 303 g/mol. The number of nitrogens with zero attached hydrogens (tertiary/aromatic N) is 3. The van der Waals surface area contributed by atoms with Gasteiger partial charge in [0.05, 0.1) is 0 Å². The normalized spacial score (nSPS) is 11.4. The van der Waals surface area contributed by atoms with E-state index < -0.39 is 17.6 Å². The van der Waals surface area contributed by atoms with Crippen molar-refractivity contribution in [1.82, 2.24) is 19.9 Å². The summed E-state index contributed by atoms with van der Waals surface area (Å²) < 4.78 is 38.0. The molecule has 2 heterocycles. The van der Waals surface area contributed by atoms with Gasteiger partial charge in [0.2, 0.25) is 5.82 Å². The minimum atomic E-state index is -4.65. The first kappa shape index (κ1) is 14.3. The van der Waals surface area contributed by atoms with Crippen molar-refractivity contribution in [2.45, 2.75) is 16.4 Å². The van der Waals surface area contributed by atoms with E-state index in [4.69, 9.17) is 0 Å². The van der Waals surface area contributed by atoms with Crippen molar-refractivity contribution >= 4 is 17.6 Å². The van der Waals surface area contributed by atoms with Crippen molar-refractivity contribution in [2.24, 2.45) is 0 Å². The molecule has 2 aromatic heterocycles. The van der Waals surface area contributed by atoms with Crippen LogP contribution in [0.15, 0.2) is 33.3 Å². The van der Waals surface area contributed by atoms with Gasteiger partial charge in [-0.2, -0.15) is 13.2 Å². The molecule has 0 amide bonds. The number of hydrogen-bond acceptors (Lipinski definition) is 6. The Morgan fingerprint density at radius 1 is 1.35 bits per heavy atom. The summed E-state index contributed by atoms with van der Waals surface area (Å²) in [6, 6.07) is 2.52. The zero-order chi connectivity index (χ0) is 14.8. The molecular weight excluding hydrogens is 295 g/mol. The van der Waals surface area contributed by atoms with E-state index in [1.165, 1.54) is 25.4 Å². The zero-order valence-electron chi connectivity index (χ0n) is 10.0. The van der Waals surface area contributed by atoms with Crippen molar-refractivity contribution in [3.63, 3.8) is 0 Å². The molecule has 0 unspecified atom stereocenters. The standard InChI is InChI=1S/C10H8F3N5OS/c1-14-5-4-7(18-8(16-5)10(11,12)13)20-9-15-3-2-6(19)17-9/h2-4H,1H3,(H,14,16,18)(H,15,17,19). The van der Waals surface area contributed by atoms with Gasteiger partial charge in [-0.3, -0.25) is 4.79 Å². The molecule has 20 heavy (non-hydrogen) atoms. The molecule has 0 aromatic carbocycles. The summed E-state index contributed by atoms with van der Waals surface area (Å²) in [4.78, 5) is 24.0. The molecule has 0 atom stereocenters. The van der Waals surface area contributed by atoms with Crippen molar-refractivity contribution in [2.75, 3.05) is 12.4 Å². The lowest BCUT2D eigenvalue weighted by molar-refractivity contribution is -0.145. The summed E-state index contributed by atoms with van der Waals surface area (Å²) in [7, 11) is 1.44. The largest absolute Gasteiger partial charge is 0.451 e. The molecule has 0 aliphatic carbocycles. The van der Waals surface area contributed by atoms with Crippen LogP contribution in [0.25, 0.3) is 0 Å². The van der Waals surface area contributed by atoms with E-state index in [9.17, 15) is 18.0 Å². The highest BCUT2D eigenvalue weighted by molar-refractivity contribution is 7.99. The Kier molecular flexibility index (Phi) is 3.93. The van der Waals surface area contributed by atoms with Gasteiger partial charge in [0.1, 0.15) is 10.8 Å². The summed E-state index contributed by atoms with van der Waals surface area (Å²) in [5.74, 6) is -1.24. The van der Waals surface area contributed by atoms with Crippen LogP contribution in [0.1, 0.15) is 5.82 Å². The number of halogens is 3. The van der Waals surface area contributed by atoms with E-state index in [1.807, 2.05) is 0 Å². The Labute approximate surface area is 114 Å². The third-order valence-corrected chi connectivity index (χ3v) is 2.88. The molecule has 0 saturated heterocycles. The summed E-state index contributed by atoms with van der Waals surface area (Å²) in [6.07, 6.45) is -3.40. The minimum Gasteiger partial charge on any atom is -0.373 e. The number of aromatic nitrogens is 4. The fourth-order valence-electron chi connectivity index (χ4n) is 1.24. The van der Waals surface area contributed by atoms with Gasteiger partial charge in [-0.05, 0) is 11.8 Å². The maximum absolute atomic E-state index is 12.7. The van der Waals surface area contributed by atoms with Crippen molar-refractivity contribution in [3.8, 4) is 0 Å². The van der Waals surface area contributed by atoms with Crippen molar-refractivity contribution in [1.29, 1.82) is 0 Å². The Balaban J connectivity index is 2.38. The minimum absolute atomic E-state index is 0.0195. The molecule has 106 valence electrons. The first-order valence-electron chi connectivity index (χ1n) is 5.25. The second kappa shape index (κ2) is 5.49. The van der Waals surface area contributed by atoms with E-state index in [1.54, 1.807) is 0 Å². The molecule has 0 spiro atoms. The average Bonchev–Trinajstić information content (AvgIpc) is 2.37. The Morgan fingerprint density at radius 3 is 2.70 bits per heavy atom. The Hall–Kier alpha value is -2.10. The zero-order valence-corrected chi connectivity index (χ0v) is 10.8. The predicted octanol–water partition coefficient (Wildman–Crippen LogP) is 1.77. The third-order valence-electron chi connectivity index (χ3n) is 2.06. The van der Waals surface area contributed by atoms with Gasteiger partial charge < -0.3 is 10.3 Å². The van der Waals surface area contributed by atoms with Crippen LogP contribution in [0.2, 0.25) is 0 Å². The molecule has 0 saturated carbocycles. The highest BCUT2D eigenvalue weighted by atomic mass is 32.2. The lowest BCUT2D eigenvalue weighted by Crippen LogP contribution is -2.13. The molecule has 0 aliphatic heterocycles. The lowest BCUT2D eigenvalue weighted by atomic mass is 10.5. The number of anilines is 1. The third kappa shape index (κ3) is 3.47. The summed E-state index contributed by atoms with van der Waals surface area (Å²) in [6.45, 7) is 0. The first-order valence-corrected chi connectivity index (χ1v) is 6.07. The Bertz CT molecular complexity index is 672. The van der Waals surface area contributed by atoms with Crippen molar-refractivity contribution in [3.05, 3.63) is 34.5 Å². The summed E-state index contributed by atoms with van der Waals surface area (Å²) in [5, 5.41) is 2.68. The Morgan fingerprint density at radius 2 is 2.10 bits per heavy atom. The average molecular weight is 303 g/mol. The van der Waals surface area contributed by atoms with Gasteiger partial charge >= 0.3 is 6.18 Å². The number of hydrogen-bond donors (Lipinski definition) is 2. The smallest absolute Gasteiger partial charge is 0.373 e. The van der Waals surface area contributed by atoms with Gasteiger partial charge in [0, 0.05) is 25.4 Å². The number of alkyl halides is 3. The van der Waals surface area contributed by atoms with E-state index in [0.717, 1.165) is 11.8 Å². The molecule has 6 nitrogen and oxygen atoms in total. The van der Waals surface area contributed by atoms with Crippen LogP contribution in [0.5, 0.6) is 0 Å². The summed E-state index contributed by atoms with van der Waals surface area (Å²) in [5.41, 5.74) is -0.401. The molecule has 0 radical (unpaired) electrons. The van der Waals surface area contributed by atoms with E-state index >= 15 is 0 Å².